The van der Waals surface area contributed by atoms with Gasteiger partial charge in [-0.25, -0.2) is 0 Å². The zero-order chi connectivity index (χ0) is 16.4. The average molecular weight is 381 g/mol. The van der Waals surface area contributed by atoms with E-state index in [1.165, 1.54) is 12.3 Å². The third kappa shape index (κ3) is 4.06. The third-order valence-electron chi connectivity index (χ3n) is 3.94. The minimum absolute atomic E-state index is 0. The SMILES string of the molecule is Cl.FC(F)(F)c1cc([C@@H](c2ccco2)N2CCNCC2)ccc1Cl. The first-order valence-electron chi connectivity index (χ1n) is 7.31. The van der Waals surface area contributed by atoms with Crippen molar-refractivity contribution in [3.8, 4) is 0 Å². The topological polar surface area (TPSA) is 28.4 Å². The van der Waals surface area contributed by atoms with Crippen molar-refractivity contribution in [2.45, 2.75) is 12.2 Å². The minimum atomic E-state index is -4.48. The van der Waals surface area contributed by atoms with Gasteiger partial charge in [-0.2, -0.15) is 13.2 Å². The first-order valence-corrected chi connectivity index (χ1v) is 7.69. The molecule has 1 aromatic carbocycles. The molecule has 1 atom stereocenters. The molecule has 132 valence electrons. The van der Waals surface area contributed by atoms with Gasteiger partial charge in [0.05, 0.1) is 22.9 Å². The molecule has 1 aliphatic heterocycles. The van der Waals surface area contributed by atoms with Crippen LogP contribution in [-0.2, 0) is 6.18 Å². The lowest BCUT2D eigenvalue weighted by molar-refractivity contribution is -0.137. The Bertz CT molecular complexity index is 656. The summed E-state index contributed by atoms with van der Waals surface area (Å²) in [7, 11) is 0. The van der Waals surface area contributed by atoms with Crippen molar-refractivity contribution < 1.29 is 17.6 Å². The van der Waals surface area contributed by atoms with Crippen molar-refractivity contribution in [1.82, 2.24) is 10.2 Å². The van der Waals surface area contributed by atoms with Crippen molar-refractivity contribution in [2.75, 3.05) is 26.2 Å². The van der Waals surface area contributed by atoms with E-state index in [0.29, 0.717) is 11.3 Å². The molecule has 0 bridgehead atoms. The van der Waals surface area contributed by atoms with Crippen LogP contribution in [0.4, 0.5) is 13.2 Å². The summed E-state index contributed by atoms with van der Waals surface area (Å²) in [6.45, 7) is 3.04. The number of hydrogen-bond donors (Lipinski definition) is 1. The van der Waals surface area contributed by atoms with Crippen molar-refractivity contribution in [1.29, 1.82) is 0 Å². The van der Waals surface area contributed by atoms with Crippen LogP contribution in [0.2, 0.25) is 5.02 Å². The lowest BCUT2D eigenvalue weighted by atomic mass is 9.99. The molecule has 2 heterocycles. The summed E-state index contributed by atoms with van der Waals surface area (Å²) < 4.78 is 44.9. The normalized spacial score (nSPS) is 17.3. The molecule has 1 aromatic heterocycles. The zero-order valence-corrected chi connectivity index (χ0v) is 14.2. The molecule has 24 heavy (non-hydrogen) atoms. The van der Waals surface area contributed by atoms with Gasteiger partial charge in [-0.3, -0.25) is 4.90 Å². The van der Waals surface area contributed by atoms with Crippen molar-refractivity contribution in [3.63, 3.8) is 0 Å². The smallest absolute Gasteiger partial charge is 0.417 e. The molecule has 0 aliphatic carbocycles. The van der Waals surface area contributed by atoms with Crippen LogP contribution >= 0.6 is 24.0 Å². The monoisotopic (exact) mass is 380 g/mol. The molecule has 0 amide bonds. The number of furan rings is 1. The molecular weight excluding hydrogens is 364 g/mol. The second-order valence-electron chi connectivity index (χ2n) is 5.44. The van der Waals surface area contributed by atoms with Gasteiger partial charge in [-0.1, -0.05) is 17.7 Å². The Balaban J connectivity index is 0.00000208. The average Bonchev–Trinajstić information content (AvgIpc) is 3.03. The third-order valence-corrected chi connectivity index (χ3v) is 4.27. The summed E-state index contributed by atoms with van der Waals surface area (Å²) >= 11 is 5.73. The fourth-order valence-corrected chi connectivity index (χ4v) is 3.10. The van der Waals surface area contributed by atoms with E-state index in [4.69, 9.17) is 16.0 Å². The summed E-state index contributed by atoms with van der Waals surface area (Å²) in [5.41, 5.74) is -0.290. The molecule has 1 fully saturated rings. The largest absolute Gasteiger partial charge is 0.467 e. The quantitative estimate of drug-likeness (QED) is 0.856. The van der Waals surface area contributed by atoms with E-state index < -0.39 is 11.7 Å². The Labute approximate surface area is 149 Å². The zero-order valence-electron chi connectivity index (χ0n) is 12.6. The summed E-state index contributed by atoms with van der Waals surface area (Å²) in [5, 5.41) is 2.95. The van der Waals surface area contributed by atoms with Crippen molar-refractivity contribution in [2.24, 2.45) is 0 Å². The molecule has 1 N–H and O–H groups in total. The maximum Gasteiger partial charge on any atom is 0.417 e. The molecule has 0 radical (unpaired) electrons. The first kappa shape index (κ1) is 19.1. The van der Waals surface area contributed by atoms with Gasteiger partial charge < -0.3 is 9.73 Å². The molecule has 3 nitrogen and oxygen atoms in total. The molecule has 3 rings (SSSR count). The van der Waals surface area contributed by atoms with E-state index in [1.54, 1.807) is 18.2 Å². The number of hydrogen-bond acceptors (Lipinski definition) is 3. The van der Waals surface area contributed by atoms with Crippen molar-refractivity contribution >= 4 is 24.0 Å². The predicted molar refractivity (Wildman–Crippen MR) is 88.7 cm³/mol. The number of halogens is 5. The molecule has 0 unspecified atom stereocenters. The Morgan fingerprint density at radius 3 is 2.46 bits per heavy atom. The van der Waals surface area contributed by atoms with Gasteiger partial charge in [0.2, 0.25) is 0 Å². The molecule has 0 spiro atoms. The minimum Gasteiger partial charge on any atom is -0.467 e. The van der Waals surface area contributed by atoms with E-state index in [0.717, 1.165) is 32.2 Å². The van der Waals surface area contributed by atoms with Crippen LogP contribution in [0.15, 0.2) is 41.0 Å². The summed E-state index contributed by atoms with van der Waals surface area (Å²) in [5.74, 6) is 0.627. The lowest BCUT2D eigenvalue weighted by Gasteiger charge is -2.34. The number of nitrogens with zero attached hydrogens (tertiary/aromatic N) is 1. The molecule has 0 saturated carbocycles. The standard InChI is InChI=1S/C16H16ClF3N2O.ClH/c17-13-4-3-11(10-12(13)16(18,19)20)15(14-2-1-9-23-14)22-7-5-21-6-8-22;/h1-4,9-10,15,21H,5-8H2;1H/t15-;/m0./s1. The number of benzene rings is 1. The summed E-state index contributed by atoms with van der Waals surface area (Å²) in [6, 6.07) is 7.23. The van der Waals surface area contributed by atoms with Crippen molar-refractivity contribution in [3.05, 3.63) is 58.5 Å². The lowest BCUT2D eigenvalue weighted by Crippen LogP contribution is -2.45. The van der Waals surface area contributed by atoms with Gasteiger partial charge in [0.25, 0.3) is 0 Å². The van der Waals surface area contributed by atoms with Crippen LogP contribution in [0.1, 0.15) is 22.9 Å². The Morgan fingerprint density at radius 1 is 1.17 bits per heavy atom. The van der Waals surface area contributed by atoms with E-state index in [-0.39, 0.29) is 23.5 Å². The van der Waals surface area contributed by atoms with E-state index in [2.05, 4.69) is 10.2 Å². The Hall–Kier alpha value is -1.21. The van der Waals surface area contributed by atoms with E-state index >= 15 is 0 Å². The number of nitrogens with one attached hydrogen (secondary N) is 1. The first-order chi connectivity index (χ1) is 11.0. The summed E-state index contributed by atoms with van der Waals surface area (Å²) in [4.78, 5) is 2.11. The highest BCUT2D eigenvalue weighted by atomic mass is 35.5. The molecule has 1 aliphatic rings. The predicted octanol–water partition coefficient (Wildman–Crippen LogP) is 4.37. The van der Waals surface area contributed by atoms with Gasteiger partial charge in [-0.05, 0) is 29.8 Å². The number of alkyl halides is 3. The molecule has 2 aromatic rings. The van der Waals surface area contributed by atoms with Crippen LogP contribution < -0.4 is 5.32 Å². The van der Waals surface area contributed by atoms with Gasteiger partial charge in [-0.15, -0.1) is 12.4 Å². The van der Waals surface area contributed by atoms with E-state index in [9.17, 15) is 13.2 Å². The number of piperazine rings is 1. The fourth-order valence-electron chi connectivity index (χ4n) is 2.87. The van der Waals surface area contributed by atoms with Crippen LogP contribution in [0, 0.1) is 0 Å². The van der Waals surface area contributed by atoms with Gasteiger partial charge in [0.1, 0.15) is 5.76 Å². The van der Waals surface area contributed by atoms with Gasteiger partial charge in [0, 0.05) is 26.2 Å². The fraction of sp³-hybridized carbons (Fsp3) is 0.375. The molecule has 8 heteroatoms. The highest BCUT2D eigenvalue weighted by Crippen LogP contribution is 2.38. The maximum atomic E-state index is 13.1. The molecular formula is C16H17Cl2F3N2O. The van der Waals surface area contributed by atoms with Gasteiger partial charge >= 0.3 is 6.18 Å². The second-order valence-corrected chi connectivity index (χ2v) is 5.85. The number of rotatable bonds is 3. The highest BCUT2D eigenvalue weighted by molar-refractivity contribution is 6.31. The highest BCUT2D eigenvalue weighted by Gasteiger charge is 2.35. The maximum absolute atomic E-state index is 13.1. The van der Waals surface area contributed by atoms with Crippen LogP contribution in [0.25, 0.3) is 0 Å². The van der Waals surface area contributed by atoms with Crippen LogP contribution in [0.3, 0.4) is 0 Å². The molecule has 1 saturated heterocycles. The Morgan fingerprint density at radius 2 is 1.88 bits per heavy atom. The Kier molecular flexibility index (Phi) is 6.20. The summed E-state index contributed by atoms with van der Waals surface area (Å²) in [6.07, 6.45) is -2.95. The second kappa shape index (κ2) is 7.78. The van der Waals surface area contributed by atoms with Crippen LogP contribution in [-0.4, -0.2) is 31.1 Å². The van der Waals surface area contributed by atoms with E-state index in [1.807, 2.05) is 0 Å². The van der Waals surface area contributed by atoms with Gasteiger partial charge in [0.15, 0.2) is 0 Å². The van der Waals surface area contributed by atoms with Crippen LogP contribution in [0.5, 0.6) is 0 Å².